The second-order valence-corrected chi connectivity index (χ2v) is 6.70. The van der Waals surface area contributed by atoms with Crippen molar-refractivity contribution in [3.8, 4) is 0 Å². The average Bonchev–Trinajstić information content (AvgIpc) is 2.54. The fourth-order valence-electron chi connectivity index (χ4n) is 3.11. The number of aliphatic hydroxyl groups is 2. The SMILES string of the molecule is CC(O)(COC(=O)c1ccccc1)C(C)(O)C1CCCCC1. The second-order valence-electron chi connectivity index (χ2n) is 6.70. The third-order valence-corrected chi connectivity index (χ3v) is 4.98. The highest BCUT2D eigenvalue weighted by atomic mass is 16.5. The molecule has 2 N–H and O–H groups in total. The largest absolute Gasteiger partial charge is 0.459 e. The van der Waals surface area contributed by atoms with E-state index in [0.29, 0.717) is 5.56 Å². The van der Waals surface area contributed by atoms with E-state index < -0.39 is 17.2 Å². The molecule has 2 rings (SSSR count). The Balaban J connectivity index is 1.99. The molecule has 1 aromatic rings. The summed E-state index contributed by atoms with van der Waals surface area (Å²) >= 11 is 0. The van der Waals surface area contributed by atoms with Crippen molar-refractivity contribution in [2.45, 2.75) is 57.2 Å². The molecule has 0 heterocycles. The van der Waals surface area contributed by atoms with Crippen molar-refractivity contribution in [3.05, 3.63) is 35.9 Å². The molecule has 0 aromatic heterocycles. The van der Waals surface area contributed by atoms with Crippen LogP contribution in [0.5, 0.6) is 0 Å². The standard InChI is InChI=1S/C18H26O4/c1-17(20,18(2,21)15-11-7-4-8-12-15)13-22-16(19)14-9-5-3-6-10-14/h3,5-6,9-10,15,20-21H,4,7-8,11-13H2,1-2H3. The van der Waals surface area contributed by atoms with Gasteiger partial charge in [0.1, 0.15) is 12.2 Å². The summed E-state index contributed by atoms with van der Waals surface area (Å²) in [6.07, 6.45) is 5.12. The highest BCUT2D eigenvalue weighted by Crippen LogP contribution is 2.39. The van der Waals surface area contributed by atoms with E-state index in [1.165, 1.54) is 6.42 Å². The molecular weight excluding hydrogens is 280 g/mol. The molecule has 0 bridgehead atoms. The molecule has 1 fully saturated rings. The van der Waals surface area contributed by atoms with Gasteiger partial charge in [0, 0.05) is 0 Å². The molecule has 1 saturated carbocycles. The lowest BCUT2D eigenvalue weighted by molar-refractivity contribution is -0.184. The Labute approximate surface area is 132 Å². The van der Waals surface area contributed by atoms with Crippen molar-refractivity contribution in [1.82, 2.24) is 0 Å². The first-order valence-electron chi connectivity index (χ1n) is 8.01. The quantitative estimate of drug-likeness (QED) is 0.821. The first kappa shape index (κ1) is 17.0. The Morgan fingerprint density at radius 1 is 1.14 bits per heavy atom. The van der Waals surface area contributed by atoms with Gasteiger partial charge in [0.05, 0.1) is 11.2 Å². The lowest BCUT2D eigenvalue weighted by Gasteiger charge is -2.45. The van der Waals surface area contributed by atoms with Gasteiger partial charge in [0.2, 0.25) is 0 Å². The van der Waals surface area contributed by atoms with E-state index in [1.807, 2.05) is 6.07 Å². The summed E-state index contributed by atoms with van der Waals surface area (Å²) in [4.78, 5) is 12.0. The Morgan fingerprint density at radius 2 is 1.73 bits per heavy atom. The molecule has 0 spiro atoms. The third kappa shape index (κ3) is 3.68. The zero-order valence-electron chi connectivity index (χ0n) is 13.4. The molecule has 22 heavy (non-hydrogen) atoms. The van der Waals surface area contributed by atoms with Crippen LogP contribution in [0.4, 0.5) is 0 Å². The smallest absolute Gasteiger partial charge is 0.338 e. The number of hydrogen-bond acceptors (Lipinski definition) is 4. The Bertz CT molecular complexity index is 487. The highest BCUT2D eigenvalue weighted by molar-refractivity contribution is 5.89. The topological polar surface area (TPSA) is 66.8 Å². The molecule has 4 heteroatoms. The van der Waals surface area contributed by atoms with Crippen molar-refractivity contribution in [1.29, 1.82) is 0 Å². The van der Waals surface area contributed by atoms with Crippen LogP contribution in [0.3, 0.4) is 0 Å². The van der Waals surface area contributed by atoms with E-state index in [0.717, 1.165) is 25.7 Å². The van der Waals surface area contributed by atoms with Crippen LogP contribution in [0.25, 0.3) is 0 Å². The van der Waals surface area contributed by atoms with Gasteiger partial charge < -0.3 is 14.9 Å². The molecule has 2 atom stereocenters. The Morgan fingerprint density at radius 3 is 2.32 bits per heavy atom. The van der Waals surface area contributed by atoms with Gasteiger partial charge in [-0.2, -0.15) is 0 Å². The summed E-state index contributed by atoms with van der Waals surface area (Å²) in [7, 11) is 0. The molecule has 0 amide bonds. The summed E-state index contributed by atoms with van der Waals surface area (Å²) in [5.41, 5.74) is -2.31. The fraction of sp³-hybridized carbons (Fsp3) is 0.611. The van der Waals surface area contributed by atoms with Crippen molar-refractivity contribution >= 4 is 5.97 Å². The van der Waals surface area contributed by atoms with Crippen molar-refractivity contribution < 1.29 is 19.7 Å². The highest BCUT2D eigenvalue weighted by Gasteiger charge is 2.48. The summed E-state index contributed by atoms with van der Waals surface area (Å²) < 4.78 is 5.22. The number of hydrogen-bond donors (Lipinski definition) is 2. The molecule has 1 aliphatic rings. The first-order chi connectivity index (χ1) is 10.3. The molecule has 4 nitrogen and oxygen atoms in total. The average molecular weight is 306 g/mol. The maximum atomic E-state index is 12.0. The third-order valence-electron chi connectivity index (χ3n) is 4.98. The van der Waals surface area contributed by atoms with E-state index >= 15 is 0 Å². The van der Waals surface area contributed by atoms with Crippen LogP contribution in [0, 0.1) is 5.92 Å². The zero-order valence-corrected chi connectivity index (χ0v) is 13.4. The summed E-state index contributed by atoms with van der Waals surface area (Å²) in [6, 6.07) is 8.66. The molecule has 2 unspecified atom stereocenters. The van der Waals surface area contributed by atoms with E-state index in [9.17, 15) is 15.0 Å². The number of esters is 1. The first-order valence-corrected chi connectivity index (χ1v) is 8.01. The zero-order chi connectivity index (χ0) is 16.2. The van der Waals surface area contributed by atoms with Crippen LogP contribution < -0.4 is 0 Å². The lowest BCUT2D eigenvalue weighted by atomic mass is 9.70. The van der Waals surface area contributed by atoms with Crippen molar-refractivity contribution in [2.75, 3.05) is 6.61 Å². The summed E-state index contributed by atoms with van der Waals surface area (Å²) in [5, 5.41) is 21.5. The van der Waals surface area contributed by atoms with Gasteiger partial charge in [-0.25, -0.2) is 4.79 Å². The maximum Gasteiger partial charge on any atom is 0.338 e. The number of benzene rings is 1. The van der Waals surface area contributed by atoms with Gasteiger partial charge in [-0.05, 0) is 44.7 Å². The van der Waals surface area contributed by atoms with E-state index in [-0.39, 0.29) is 12.5 Å². The number of carbonyl (C=O) groups excluding carboxylic acids is 1. The Hall–Kier alpha value is -1.39. The van der Waals surface area contributed by atoms with Crippen LogP contribution in [-0.2, 0) is 4.74 Å². The van der Waals surface area contributed by atoms with Crippen LogP contribution in [0.2, 0.25) is 0 Å². The van der Waals surface area contributed by atoms with Gasteiger partial charge in [-0.1, -0.05) is 37.5 Å². The normalized spacial score (nSPS) is 21.6. The lowest BCUT2D eigenvalue weighted by Crippen LogP contribution is -2.58. The number of ether oxygens (including phenoxy) is 1. The van der Waals surface area contributed by atoms with Crippen molar-refractivity contribution in [3.63, 3.8) is 0 Å². The summed E-state index contributed by atoms with van der Waals surface area (Å²) in [5.74, 6) is -0.452. The predicted molar refractivity (Wildman–Crippen MR) is 84.5 cm³/mol. The fourth-order valence-corrected chi connectivity index (χ4v) is 3.11. The van der Waals surface area contributed by atoms with Crippen LogP contribution in [0.15, 0.2) is 30.3 Å². The minimum absolute atomic E-state index is 0.0340. The van der Waals surface area contributed by atoms with Crippen LogP contribution >= 0.6 is 0 Å². The monoisotopic (exact) mass is 306 g/mol. The van der Waals surface area contributed by atoms with E-state index in [2.05, 4.69) is 0 Å². The number of rotatable bonds is 5. The summed E-state index contributed by atoms with van der Waals surface area (Å²) in [6.45, 7) is 2.98. The van der Waals surface area contributed by atoms with Crippen molar-refractivity contribution in [2.24, 2.45) is 5.92 Å². The molecule has 1 aromatic carbocycles. The van der Waals surface area contributed by atoms with Gasteiger partial charge >= 0.3 is 5.97 Å². The molecule has 0 aliphatic heterocycles. The van der Waals surface area contributed by atoms with E-state index in [1.54, 1.807) is 38.1 Å². The molecule has 0 saturated heterocycles. The minimum atomic E-state index is -1.47. The van der Waals surface area contributed by atoms with E-state index in [4.69, 9.17) is 4.74 Å². The maximum absolute atomic E-state index is 12.0. The van der Waals surface area contributed by atoms with Gasteiger partial charge in [0.25, 0.3) is 0 Å². The minimum Gasteiger partial charge on any atom is -0.459 e. The molecule has 1 aliphatic carbocycles. The second kappa shape index (κ2) is 6.80. The molecule has 0 radical (unpaired) electrons. The molecular formula is C18H26O4. The van der Waals surface area contributed by atoms with Crippen LogP contribution in [0.1, 0.15) is 56.3 Å². The van der Waals surface area contributed by atoms with Gasteiger partial charge in [-0.3, -0.25) is 0 Å². The van der Waals surface area contributed by atoms with Crippen LogP contribution in [-0.4, -0.2) is 34.0 Å². The van der Waals surface area contributed by atoms with Gasteiger partial charge in [0.15, 0.2) is 0 Å². The molecule has 122 valence electrons. The number of carbonyl (C=O) groups is 1. The predicted octanol–water partition coefficient (Wildman–Crippen LogP) is 2.93. The Kier molecular flexibility index (Phi) is 5.24. The van der Waals surface area contributed by atoms with Gasteiger partial charge in [-0.15, -0.1) is 0 Å².